The van der Waals surface area contributed by atoms with E-state index in [1.54, 1.807) is 36.4 Å². The molecule has 0 aromatic heterocycles. The average Bonchev–Trinajstić information content (AvgIpc) is 2.61. The number of benzene rings is 2. The fourth-order valence-electron chi connectivity index (χ4n) is 2.55. The van der Waals surface area contributed by atoms with Crippen molar-refractivity contribution in [1.29, 1.82) is 0 Å². The van der Waals surface area contributed by atoms with Crippen LogP contribution in [0.4, 0.5) is 5.69 Å². The summed E-state index contributed by atoms with van der Waals surface area (Å²) < 4.78 is 28.2. The molecule has 2 rings (SSSR count). The highest BCUT2D eigenvalue weighted by atomic mass is 79.9. The lowest BCUT2D eigenvalue weighted by Crippen LogP contribution is -2.32. The van der Waals surface area contributed by atoms with Gasteiger partial charge in [0.2, 0.25) is 0 Å². The van der Waals surface area contributed by atoms with Crippen LogP contribution in [0.25, 0.3) is 0 Å². The smallest absolute Gasteiger partial charge is 0.261 e. The Kier molecular flexibility index (Phi) is 7.23. The number of hydrogen-bond donors (Lipinski definition) is 1. The van der Waals surface area contributed by atoms with Gasteiger partial charge >= 0.3 is 0 Å². The summed E-state index contributed by atoms with van der Waals surface area (Å²) in [6.07, 6.45) is 1.80. The number of nitrogens with zero attached hydrogens (tertiary/aromatic N) is 1. The van der Waals surface area contributed by atoms with Crippen LogP contribution in [0, 0.1) is 0 Å². The molecule has 140 valence electrons. The third-order valence-corrected chi connectivity index (χ3v) is 5.71. The molecule has 1 N–H and O–H groups in total. The van der Waals surface area contributed by atoms with Gasteiger partial charge in [0.25, 0.3) is 15.9 Å². The Bertz CT molecular complexity index is 828. The Balaban J connectivity index is 2.13. The zero-order valence-electron chi connectivity index (χ0n) is 14.9. The molecule has 0 aliphatic heterocycles. The predicted octanol–water partition coefficient (Wildman–Crippen LogP) is 4.51. The number of carbonyl (C=O) groups excluding carboxylic acids is 1. The average molecular weight is 439 g/mol. The number of halogens is 1. The first-order valence-corrected chi connectivity index (χ1v) is 10.8. The number of amides is 1. The van der Waals surface area contributed by atoms with E-state index >= 15 is 0 Å². The van der Waals surface area contributed by atoms with Crippen LogP contribution in [0.2, 0.25) is 0 Å². The molecule has 0 saturated carbocycles. The normalized spacial score (nSPS) is 11.2. The van der Waals surface area contributed by atoms with E-state index in [0.29, 0.717) is 24.3 Å². The number of sulfonamides is 1. The van der Waals surface area contributed by atoms with Gasteiger partial charge in [-0.1, -0.05) is 29.8 Å². The van der Waals surface area contributed by atoms with Gasteiger partial charge < -0.3 is 4.90 Å². The fourth-order valence-corrected chi connectivity index (χ4v) is 3.87. The van der Waals surface area contributed by atoms with Gasteiger partial charge in [-0.05, 0) is 61.4 Å². The summed E-state index contributed by atoms with van der Waals surface area (Å²) in [6.45, 7) is 5.50. The molecule has 5 nitrogen and oxygen atoms in total. The highest BCUT2D eigenvalue weighted by molar-refractivity contribution is 9.10. The van der Waals surface area contributed by atoms with E-state index in [4.69, 9.17) is 0 Å². The number of nitrogens with one attached hydrogen (secondary N) is 1. The van der Waals surface area contributed by atoms with Crippen molar-refractivity contribution in [2.75, 3.05) is 17.8 Å². The number of carbonyl (C=O) groups is 1. The summed E-state index contributed by atoms with van der Waals surface area (Å²) in [5.74, 6) is -0.0315. The first-order valence-electron chi connectivity index (χ1n) is 8.55. The van der Waals surface area contributed by atoms with Crippen molar-refractivity contribution in [3.05, 3.63) is 58.6 Å². The molecule has 0 aliphatic rings. The Morgan fingerprint density at radius 3 is 2.00 bits per heavy atom. The molecule has 0 atom stereocenters. The van der Waals surface area contributed by atoms with Crippen LogP contribution in [-0.4, -0.2) is 32.3 Å². The molecule has 0 saturated heterocycles. The zero-order chi connectivity index (χ0) is 19.2. The van der Waals surface area contributed by atoms with Crippen LogP contribution in [0.5, 0.6) is 0 Å². The van der Waals surface area contributed by atoms with Crippen molar-refractivity contribution in [3.63, 3.8) is 0 Å². The lowest BCUT2D eigenvalue weighted by molar-refractivity contribution is 0.0755. The lowest BCUT2D eigenvalue weighted by Gasteiger charge is -2.21. The quantitative estimate of drug-likeness (QED) is 0.658. The second kappa shape index (κ2) is 9.19. The van der Waals surface area contributed by atoms with Gasteiger partial charge in [-0.25, -0.2) is 8.42 Å². The molecule has 7 heteroatoms. The largest absolute Gasteiger partial charge is 0.339 e. The molecule has 2 aromatic rings. The van der Waals surface area contributed by atoms with Crippen molar-refractivity contribution in [2.45, 2.75) is 31.6 Å². The summed E-state index contributed by atoms with van der Waals surface area (Å²) in [7, 11) is -3.66. The van der Waals surface area contributed by atoms with Gasteiger partial charge in [-0.15, -0.1) is 0 Å². The standard InChI is InChI=1S/C19H23BrN2O3S/c1-3-13-22(14-4-2)19(23)15-5-9-17(10-6-15)21-26(24,25)18-11-7-16(20)8-12-18/h5-12,21H,3-4,13-14H2,1-2H3. The second-order valence-corrected chi connectivity index (χ2v) is 8.53. The Labute approximate surface area is 163 Å². The topological polar surface area (TPSA) is 66.5 Å². The molecule has 0 radical (unpaired) electrons. The van der Waals surface area contributed by atoms with E-state index in [2.05, 4.69) is 20.7 Å². The van der Waals surface area contributed by atoms with Crippen LogP contribution < -0.4 is 4.72 Å². The predicted molar refractivity (Wildman–Crippen MR) is 108 cm³/mol. The zero-order valence-corrected chi connectivity index (χ0v) is 17.3. The summed E-state index contributed by atoms with van der Waals surface area (Å²) in [6, 6.07) is 12.9. The van der Waals surface area contributed by atoms with Gasteiger partial charge in [0.15, 0.2) is 0 Å². The molecule has 0 spiro atoms. The Hall–Kier alpha value is -1.86. The van der Waals surface area contributed by atoms with Crippen molar-refractivity contribution in [3.8, 4) is 0 Å². The van der Waals surface area contributed by atoms with Crippen LogP contribution in [0.15, 0.2) is 57.9 Å². The molecule has 2 aromatic carbocycles. The lowest BCUT2D eigenvalue weighted by atomic mass is 10.1. The maximum Gasteiger partial charge on any atom is 0.261 e. The van der Waals surface area contributed by atoms with E-state index in [1.165, 1.54) is 12.1 Å². The monoisotopic (exact) mass is 438 g/mol. The minimum absolute atomic E-state index is 0.0315. The number of anilines is 1. The molecule has 0 fully saturated rings. The van der Waals surface area contributed by atoms with Crippen molar-refractivity contribution >= 4 is 37.5 Å². The molecule has 0 heterocycles. The number of hydrogen-bond acceptors (Lipinski definition) is 3. The van der Waals surface area contributed by atoms with Crippen molar-refractivity contribution in [2.24, 2.45) is 0 Å². The van der Waals surface area contributed by atoms with E-state index in [9.17, 15) is 13.2 Å². The summed E-state index contributed by atoms with van der Waals surface area (Å²) in [4.78, 5) is 14.6. The summed E-state index contributed by atoms with van der Waals surface area (Å²) in [5, 5.41) is 0. The Morgan fingerprint density at radius 2 is 1.50 bits per heavy atom. The third-order valence-electron chi connectivity index (χ3n) is 3.78. The maximum absolute atomic E-state index is 12.6. The molecular formula is C19H23BrN2O3S. The SMILES string of the molecule is CCCN(CCC)C(=O)c1ccc(NS(=O)(=O)c2ccc(Br)cc2)cc1. The van der Waals surface area contributed by atoms with E-state index < -0.39 is 10.0 Å². The van der Waals surface area contributed by atoms with Gasteiger partial charge in [0, 0.05) is 28.8 Å². The summed E-state index contributed by atoms with van der Waals surface area (Å²) in [5.41, 5.74) is 0.973. The molecule has 1 amide bonds. The Morgan fingerprint density at radius 1 is 0.962 bits per heavy atom. The first kappa shape index (κ1) is 20.5. The van der Waals surface area contributed by atoms with Crippen LogP contribution in [-0.2, 0) is 10.0 Å². The van der Waals surface area contributed by atoms with E-state index in [0.717, 1.165) is 17.3 Å². The van der Waals surface area contributed by atoms with E-state index in [-0.39, 0.29) is 10.8 Å². The van der Waals surface area contributed by atoms with Gasteiger partial charge in [0.1, 0.15) is 0 Å². The second-order valence-electron chi connectivity index (χ2n) is 5.93. The van der Waals surface area contributed by atoms with Crippen LogP contribution in [0.1, 0.15) is 37.0 Å². The highest BCUT2D eigenvalue weighted by Crippen LogP contribution is 2.19. The molecule has 26 heavy (non-hydrogen) atoms. The van der Waals surface area contributed by atoms with E-state index in [1.807, 2.05) is 18.7 Å². The highest BCUT2D eigenvalue weighted by Gasteiger charge is 2.16. The van der Waals surface area contributed by atoms with Gasteiger partial charge in [0.05, 0.1) is 4.90 Å². The van der Waals surface area contributed by atoms with Crippen molar-refractivity contribution in [1.82, 2.24) is 4.90 Å². The van der Waals surface area contributed by atoms with Crippen LogP contribution >= 0.6 is 15.9 Å². The minimum Gasteiger partial charge on any atom is -0.339 e. The van der Waals surface area contributed by atoms with Gasteiger partial charge in [-0.3, -0.25) is 9.52 Å². The molecule has 0 bridgehead atoms. The molecular weight excluding hydrogens is 416 g/mol. The summed E-state index contributed by atoms with van der Waals surface area (Å²) >= 11 is 3.28. The molecule has 0 unspecified atom stereocenters. The number of rotatable bonds is 8. The molecule has 0 aliphatic carbocycles. The maximum atomic E-state index is 12.6. The van der Waals surface area contributed by atoms with Gasteiger partial charge in [-0.2, -0.15) is 0 Å². The third kappa shape index (κ3) is 5.32. The fraction of sp³-hybridized carbons (Fsp3) is 0.316. The van der Waals surface area contributed by atoms with Crippen molar-refractivity contribution < 1.29 is 13.2 Å². The minimum atomic E-state index is -3.66. The van der Waals surface area contributed by atoms with Crippen LogP contribution in [0.3, 0.4) is 0 Å². The first-order chi connectivity index (χ1) is 12.4.